The molecule has 1 aromatic carbocycles. The highest BCUT2D eigenvalue weighted by atomic mass is 35.5. The number of rotatable bonds is 3. The van der Waals surface area contributed by atoms with E-state index in [1.54, 1.807) is 42.2 Å². The number of urea groups is 1. The van der Waals surface area contributed by atoms with Crippen LogP contribution in [0.3, 0.4) is 0 Å². The van der Waals surface area contributed by atoms with E-state index in [-0.39, 0.29) is 5.91 Å². The normalized spacial score (nSPS) is 10.0. The van der Waals surface area contributed by atoms with Crippen molar-refractivity contribution in [2.45, 2.75) is 6.92 Å². The van der Waals surface area contributed by atoms with E-state index in [1.165, 1.54) is 6.92 Å². The maximum Gasteiger partial charge on any atom is 0.324 e. The topological polar surface area (TPSA) is 88.0 Å². The van der Waals surface area contributed by atoms with Gasteiger partial charge in [-0.3, -0.25) is 14.8 Å². The predicted molar refractivity (Wildman–Crippen MR) is 81.6 cm³/mol. The number of aromatic nitrogens is 2. The van der Waals surface area contributed by atoms with E-state index in [1.807, 2.05) is 0 Å². The van der Waals surface area contributed by atoms with Crippen LogP contribution >= 0.6 is 11.6 Å². The van der Waals surface area contributed by atoms with Gasteiger partial charge in [0.1, 0.15) is 0 Å². The van der Waals surface area contributed by atoms with E-state index in [0.717, 1.165) is 0 Å². The molecule has 0 aliphatic rings. The molecule has 0 spiro atoms. The zero-order valence-electron chi connectivity index (χ0n) is 11.5. The number of aryl methyl sites for hydroxylation is 1. The van der Waals surface area contributed by atoms with E-state index in [2.05, 4.69) is 21.0 Å². The van der Waals surface area contributed by atoms with Gasteiger partial charge < -0.3 is 10.6 Å². The molecule has 0 saturated carbocycles. The van der Waals surface area contributed by atoms with Gasteiger partial charge in [-0.15, -0.1) is 0 Å². The fourth-order valence-corrected chi connectivity index (χ4v) is 1.82. The molecule has 2 rings (SSSR count). The summed E-state index contributed by atoms with van der Waals surface area (Å²) in [7, 11) is 1.75. The maximum atomic E-state index is 11.9. The SMILES string of the molecule is CC(=O)Nc1ccc(Cl)c(NC(=O)Nc2ccn(C)n2)c1. The minimum Gasteiger partial charge on any atom is -0.326 e. The van der Waals surface area contributed by atoms with Crippen LogP contribution in [0.2, 0.25) is 5.02 Å². The molecule has 0 aliphatic heterocycles. The van der Waals surface area contributed by atoms with Crippen LogP contribution in [0.15, 0.2) is 30.5 Å². The molecule has 2 aromatic rings. The molecule has 0 unspecified atom stereocenters. The van der Waals surface area contributed by atoms with Crippen LogP contribution in [0.1, 0.15) is 6.92 Å². The van der Waals surface area contributed by atoms with Gasteiger partial charge in [0, 0.05) is 31.9 Å². The molecule has 1 aromatic heterocycles. The molecule has 0 aliphatic carbocycles. The molecule has 0 fully saturated rings. The largest absolute Gasteiger partial charge is 0.326 e. The van der Waals surface area contributed by atoms with E-state index < -0.39 is 6.03 Å². The second-order valence-corrected chi connectivity index (χ2v) is 4.74. The molecular weight excluding hydrogens is 294 g/mol. The van der Waals surface area contributed by atoms with Gasteiger partial charge >= 0.3 is 6.03 Å². The van der Waals surface area contributed by atoms with Crippen molar-refractivity contribution in [3.05, 3.63) is 35.5 Å². The fraction of sp³-hybridized carbons (Fsp3) is 0.154. The van der Waals surface area contributed by atoms with E-state index in [4.69, 9.17) is 11.6 Å². The van der Waals surface area contributed by atoms with Crippen LogP contribution in [-0.4, -0.2) is 21.7 Å². The van der Waals surface area contributed by atoms with Crippen LogP contribution in [0.5, 0.6) is 0 Å². The summed E-state index contributed by atoms with van der Waals surface area (Å²) in [4.78, 5) is 22.9. The first-order valence-electron chi connectivity index (χ1n) is 6.09. The van der Waals surface area contributed by atoms with E-state index in [9.17, 15) is 9.59 Å². The third-order valence-electron chi connectivity index (χ3n) is 2.49. The van der Waals surface area contributed by atoms with Crippen molar-refractivity contribution in [1.29, 1.82) is 0 Å². The average Bonchev–Trinajstić information content (AvgIpc) is 2.78. The lowest BCUT2D eigenvalue weighted by molar-refractivity contribution is -0.114. The first-order chi connectivity index (χ1) is 9.94. The summed E-state index contributed by atoms with van der Waals surface area (Å²) in [5, 5.41) is 12.2. The van der Waals surface area contributed by atoms with Crippen LogP contribution in [0, 0.1) is 0 Å². The number of carbonyl (C=O) groups excluding carboxylic acids is 2. The second-order valence-electron chi connectivity index (χ2n) is 4.33. The quantitative estimate of drug-likeness (QED) is 0.814. The van der Waals surface area contributed by atoms with Gasteiger partial charge in [-0.25, -0.2) is 4.79 Å². The third kappa shape index (κ3) is 4.22. The van der Waals surface area contributed by atoms with Crippen molar-refractivity contribution in [1.82, 2.24) is 9.78 Å². The number of anilines is 3. The standard InChI is InChI=1S/C13H14ClN5O2/c1-8(20)15-9-3-4-10(14)11(7-9)16-13(21)17-12-5-6-19(2)18-12/h3-7H,1-2H3,(H,15,20)(H2,16,17,18,21). The van der Waals surface area contributed by atoms with Crippen molar-refractivity contribution in [3.63, 3.8) is 0 Å². The summed E-state index contributed by atoms with van der Waals surface area (Å²) in [5.41, 5.74) is 0.927. The van der Waals surface area contributed by atoms with Gasteiger partial charge in [0.05, 0.1) is 10.7 Å². The molecule has 0 atom stereocenters. The smallest absolute Gasteiger partial charge is 0.324 e. The van der Waals surface area contributed by atoms with Gasteiger partial charge in [-0.05, 0) is 18.2 Å². The third-order valence-corrected chi connectivity index (χ3v) is 2.82. The molecular formula is C13H14ClN5O2. The van der Waals surface area contributed by atoms with Gasteiger partial charge in [0.25, 0.3) is 0 Å². The first kappa shape index (κ1) is 14.9. The van der Waals surface area contributed by atoms with Crippen molar-refractivity contribution in [3.8, 4) is 0 Å². The molecule has 7 nitrogen and oxygen atoms in total. The fourth-order valence-electron chi connectivity index (χ4n) is 1.65. The molecule has 3 N–H and O–H groups in total. The maximum absolute atomic E-state index is 11.9. The Kier molecular flexibility index (Phi) is 4.44. The Morgan fingerprint density at radius 3 is 2.57 bits per heavy atom. The number of halogens is 1. The lowest BCUT2D eigenvalue weighted by Gasteiger charge is -2.10. The van der Waals surface area contributed by atoms with Crippen LogP contribution in [0.25, 0.3) is 0 Å². The molecule has 0 radical (unpaired) electrons. The van der Waals surface area contributed by atoms with Gasteiger partial charge in [-0.2, -0.15) is 5.10 Å². The number of amides is 3. The van der Waals surface area contributed by atoms with Crippen LogP contribution < -0.4 is 16.0 Å². The minimum absolute atomic E-state index is 0.207. The number of benzene rings is 1. The Morgan fingerprint density at radius 2 is 1.95 bits per heavy atom. The summed E-state index contributed by atoms with van der Waals surface area (Å²) in [6, 6.07) is 5.99. The highest BCUT2D eigenvalue weighted by Crippen LogP contribution is 2.25. The zero-order chi connectivity index (χ0) is 15.4. The molecule has 110 valence electrons. The summed E-state index contributed by atoms with van der Waals surface area (Å²) >= 11 is 6.01. The van der Waals surface area contributed by atoms with Crippen molar-refractivity contribution < 1.29 is 9.59 Å². The Morgan fingerprint density at radius 1 is 1.19 bits per heavy atom. The van der Waals surface area contributed by atoms with Crippen LogP contribution in [0.4, 0.5) is 22.0 Å². The molecule has 1 heterocycles. The van der Waals surface area contributed by atoms with Crippen molar-refractivity contribution >= 4 is 40.7 Å². The number of nitrogens with one attached hydrogen (secondary N) is 3. The Balaban J connectivity index is 2.07. The van der Waals surface area contributed by atoms with E-state index in [0.29, 0.717) is 22.2 Å². The predicted octanol–water partition coefficient (Wildman–Crippen LogP) is 2.68. The summed E-state index contributed by atoms with van der Waals surface area (Å²) in [5.74, 6) is 0.213. The lowest BCUT2D eigenvalue weighted by Crippen LogP contribution is -2.20. The number of hydrogen-bond acceptors (Lipinski definition) is 3. The van der Waals surface area contributed by atoms with Gasteiger partial charge in [-0.1, -0.05) is 11.6 Å². The summed E-state index contributed by atoms with van der Waals surface area (Å²) < 4.78 is 1.57. The number of hydrogen-bond donors (Lipinski definition) is 3. The molecule has 8 heteroatoms. The Hall–Kier alpha value is -2.54. The van der Waals surface area contributed by atoms with Crippen molar-refractivity contribution in [2.24, 2.45) is 7.05 Å². The number of nitrogens with zero attached hydrogens (tertiary/aromatic N) is 2. The Bertz CT molecular complexity index is 683. The second kappa shape index (κ2) is 6.27. The highest BCUT2D eigenvalue weighted by Gasteiger charge is 2.08. The van der Waals surface area contributed by atoms with Gasteiger partial charge in [0.15, 0.2) is 5.82 Å². The highest BCUT2D eigenvalue weighted by molar-refractivity contribution is 6.34. The van der Waals surface area contributed by atoms with E-state index >= 15 is 0 Å². The number of carbonyl (C=O) groups is 2. The van der Waals surface area contributed by atoms with Crippen LogP contribution in [-0.2, 0) is 11.8 Å². The Labute approximate surface area is 126 Å². The average molecular weight is 308 g/mol. The monoisotopic (exact) mass is 307 g/mol. The summed E-state index contributed by atoms with van der Waals surface area (Å²) in [6.45, 7) is 1.40. The minimum atomic E-state index is -0.476. The molecule has 0 bridgehead atoms. The zero-order valence-corrected chi connectivity index (χ0v) is 12.2. The molecule has 3 amide bonds. The molecule has 21 heavy (non-hydrogen) atoms. The summed E-state index contributed by atoms with van der Waals surface area (Å²) in [6.07, 6.45) is 1.71. The lowest BCUT2D eigenvalue weighted by atomic mass is 10.2. The first-order valence-corrected chi connectivity index (χ1v) is 6.46. The van der Waals surface area contributed by atoms with Crippen molar-refractivity contribution in [2.75, 3.05) is 16.0 Å². The van der Waals surface area contributed by atoms with Gasteiger partial charge in [0.2, 0.25) is 5.91 Å². The molecule has 0 saturated heterocycles.